The molecule has 1 aliphatic heterocycles. The first-order chi connectivity index (χ1) is 7.97. The van der Waals surface area contributed by atoms with Gasteiger partial charge in [-0.2, -0.15) is 0 Å². The van der Waals surface area contributed by atoms with E-state index in [-0.39, 0.29) is 13.0 Å². The molecule has 0 saturated carbocycles. The standard InChI is InChI=1S/C10H18N2O5/c1-11(3-4-17-2)10(16)12-6-7(13)5-8(12)9(14)15/h7-8,13H,3-6H2,1-2H3,(H,14,15). The third-order valence-corrected chi connectivity index (χ3v) is 2.77. The van der Waals surface area contributed by atoms with E-state index in [1.165, 1.54) is 16.9 Å². The van der Waals surface area contributed by atoms with Gasteiger partial charge in [-0.05, 0) is 0 Å². The van der Waals surface area contributed by atoms with Crippen molar-refractivity contribution in [3.63, 3.8) is 0 Å². The molecule has 7 heteroatoms. The molecular weight excluding hydrogens is 228 g/mol. The molecule has 7 nitrogen and oxygen atoms in total. The first-order valence-corrected chi connectivity index (χ1v) is 5.39. The van der Waals surface area contributed by atoms with Crippen LogP contribution >= 0.6 is 0 Å². The number of aliphatic hydroxyl groups is 1. The predicted octanol–water partition coefficient (Wildman–Crippen LogP) is -0.796. The third kappa shape index (κ3) is 3.31. The normalized spacial score (nSPS) is 23.8. The monoisotopic (exact) mass is 246 g/mol. The number of aliphatic hydroxyl groups excluding tert-OH is 1. The number of amides is 2. The van der Waals surface area contributed by atoms with Crippen molar-refractivity contribution < 1.29 is 24.5 Å². The average Bonchev–Trinajstić information content (AvgIpc) is 2.67. The maximum atomic E-state index is 11.9. The number of hydrogen-bond donors (Lipinski definition) is 2. The number of carboxylic acid groups (broad SMARTS) is 1. The lowest BCUT2D eigenvalue weighted by atomic mass is 10.2. The van der Waals surface area contributed by atoms with Gasteiger partial charge in [0.2, 0.25) is 0 Å². The summed E-state index contributed by atoms with van der Waals surface area (Å²) in [5.41, 5.74) is 0. The molecule has 1 aliphatic rings. The number of ether oxygens (including phenoxy) is 1. The number of likely N-dealkylation sites (tertiary alicyclic amines) is 1. The number of nitrogens with zero attached hydrogens (tertiary/aromatic N) is 2. The molecule has 17 heavy (non-hydrogen) atoms. The Labute approximate surface area is 99.6 Å². The number of hydrogen-bond acceptors (Lipinski definition) is 4. The van der Waals surface area contributed by atoms with Crippen molar-refractivity contribution in [3.05, 3.63) is 0 Å². The molecular formula is C10H18N2O5. The summed E-state index contributed by atoms with van der Waals surface area (Å²) in [7, 11) is 3.10. The third-order valence-electron chi connectivity index (χ3n) is 2.77. The van der Waals surface area contributed by atoms with Gasteiger partial charge in [0.1, 0.15) is 6.04 Å². The molecule has 2 unspecified atom stereocenters. The molecule has 98 valence electrons. The van der Waals surface area contributed by atoms with Crippen molar-refractivity contribution in [2.24, 2.45) is 0 Å². The van der Waals surface area contributed by atoms with Gasteiger partial charge in [-0.15, -0.1) is 0 Å². The largest absolute Gasteiger partial charge is 0.480 e. The quantitative estimate of drug-likeness (QED) is 0.678. The van der Waals surface area contributed by atoms with E-state index in [1.54, 1.807) is 7.05 Å². The maximum Gasteiger partial charge on any atom is 0.326 e. The minimum Gasteiger partial charge on any atom is -0.480 e. The van der Waals surface area contributed by atoms with E-state index >= 15 is 0 Å². The zero-order chi connectivity index (χ0) is 13.0. The Balaban J connectivity index is 2.63. The van der Waals surface area contributed by atoms with Gasteiger partial charge in [-0.25, -0.2) is 9.59 Å². The molecule has 0 bridgehead atoms. The van der Waals surface area contributed by atoms with E-state index in [4.69, 9.17) is 9.84 Å². The Morgan fingerprint density at radius 1 is 1.53 bits per heavy atom. The van der Waals surface area contributed by atoms with Gasteiger partial charge in [0, 0.05) is 33.7 Å². The zero-order valence-electron chi connectivity index (χ0n) is 10.00. The van der Waals surface area contributed by atoms with Crippen molar-refractivity contribution in [2.75, 3.05) is 33.9 Å². The molecule has 2 N–H and O–H groups in total. The minimum absolute atomic E-state index is 0.0626. The summed E-state index contributed by atoms with van der Waals surface area (Å²) in [4.78, 5) is 25.5. The van der Waals surface area contributed by atoms with E-state index in [1.807, 2.05) is 0 Å². The number of carbonyl (C=O) groups excluding carboxylic acids is 1. The topological polar surface area (TPSA) is 90.3 Å². The van der Waals surface area contributed by atoms with Crippen molar-refractivity contribution in [1.82, 2.24) is 9.80 Å². The fraction of sp³-hybridized carbons (Fsp3) is 0.800. The zero-order valence-corrected chi connectivity index (χ0v) is 10.00. The number of carbonyl (C=O) groups is 2. The SMILES string of the molecule is COCCN(C)C(=O)N1CC(O)CC1C(=O)O. The van der Waals surface area contributed by atoms with Crippen LogP contribution in [0.25, 0.3) is 0 Å². The smallest absolute Gasteiger partial charge is 0.326 e. The molecule has 0 radical (unpaired) electrons. The van der Waals surface area contributed by atoms with Crippen LogP contribution in [0, 0.1) is 0 Å². The van der Waals surface area contributed by atoms with Crippen LogP contribution in [0.2, 0.25) is 0 Å². The fourth-order valence-electron chi connectivity index (χ4n) is 1.80. The van der Waals surface area contributed by atoms with E-state index in [2.05, 4.69) is 0 Å². The molecule has 0 aromatic rings. The summed E-state index contributed by atoms with van der Waals surface area (Å²) < 4.78 is 4.84. The van der Waals surface area contributed by atoms with Crippen LogP contribution in [0.3, 0.4) is 0 Å². The number of rotatable bonds is 4. The Kier molecular flexibility index (Phi) is 4.71. The van der Waals surface area contributed by atoms with E-state index in [9.17, 15) is 14.7 Å². The Bertz CT molecular complexity index is 296. The molecule has 0 spiro atoms. The molecule has 1 fully saturated rings. The highest BCUT2D eigenvalue weighted by Gasteiger charge is 2.39. The van der Waals surface area contributed by atoms with Gasteiger partial charge in [0.05, 0.1) is 12.7 Å². The van der Waals surface area contributed by atoms with Crippen molar-refractivity contribution >= 4 is 12.0 Å². The van der Waals surface area contributed by atoms with Crippen LogP contribution in [0.1, 0.15) is 6.42 Å². The fourth-order valence-corrected chi connectivity index (χ4v) is 1.80. The summed E-state index contributed by atoms with van der Waals surface area (Å²) in [6.07, 6.45) is -0.685. The van der Waals surface area contributed by atoms with Gasteiger partial charge in [0.15, 0.2) is 0 Å². The lowest BCUT2D eigenvalue weighted by Gasteiger charge is -2.27. The van der Waals surface area contributed by atoms with Crippen LogP contribution in [-0.2, 0) is 9.53 Å². The summed E-state index contributed by atoms with van der Waals surface area (Å²) in [6, 6.07) is -1.34. The Morgan fingerprint density at radius 2 is 2.18 bits per heavy atom. The highest BCUT2D eigenvalue weighted by molar-refractivity contribution is 5.83. The highest BCUT2D eigenvalue weighted by atomic mass is 16.5. The molecule has 0 aliphatic carbocycles. The lowest BCUT2D eigenvalue weighted by molar-refractivity contribution is -0.141. The van der Waals surface area contributed by atoms with Gasteiger partial charge in [0.25, 0.3) is 0 Å². The molecule has 1 saturated heterocycles. The average molecular weight is 246 g/mol. The molecule has 1 heterocycles. The van der Waals surface area contributed by atoms with E-state index < -0.39 is 24.1 Å². The Morgan fingerprint density at radius 3 is 2.71 bits per heavy atom. The molecule has 1 rings (SSSR count). The predicted molar refractivity (Wildman–Crippen MR) is 58.7 cm³/mol. The maximum absolute atomic E-state index is 11.9. The number of urea groups is 1. The second-order valence-corrected chi connectivity index (χ2v) is 4.09. The van der Waals surface area contributed by atoms with E-state index in [0.29, 0.717) is 13.2 Å². The van der Waals surface area contributed by atoms with Crippen LogP contribution in [0.15, 0.2) is 0 Å². The minimum atomic E-state index is -1.09. The highest BCUT2D eigenvalue weighted by Crippen LogP contribution is 2.19. The van der Waals surface area contributed by atoms with Crippen LogP contribution in [0.5, 0.6) is 0 Å². The van der Waals surface area contributed by atoms with Gasteiger partial charge in [-0.1, -0.05) is 0 Å². The summed E-state index contributed by atoms with van der Waals surface area (Å²) >= 11 is 0. The van der Waals surface area contributed by atoms with Crippen molar-refractivity contribution in [2.45, 2.75) is 18.6 Å². The second kappa shape index (κ2) is 5.83. The summed E-state index contributed by atoms with van der Waals surface area (Å²) in [5, 5.41) is 18.4. The molecule has 2 amide bonds. The van der Waals surface area contributed by atoms with Crippen LogP contribution < -0.4 is 0 Å². The number of likely N-dealkylation sites (N-methyl/N-ethyl adjacent to an activating group) is 1. The van der Waals surface area contributed by atoms with Crippen molar-refractivity contribution in [3.8, 4) is 0 Å². The molecule has 2 atom stereocenters. The number of carboxylic acids is 1. The van der Waals surface area contributed by atoms with Crippen LogP contribution in [0.4, 0.5) is 4.79 Å². The van der Waals surface area contributed by atoms with Gasteiger partial charge < -0.3 is 24.7 Å². The first-order valence-electron chi connectivity index (χ1n) is 5.39. The van der Waals surface area contributed by atoms with Crippen molar-refractivity contribution in [1.29, 1.82) is 0 Å². The summed E-state index contributed by atoms with van der Waals surface area (Å²) in [5.74, 6) is -1.09. The number of aliphatic carboxylic acids is 1. The number of β-amino-alcohol motifs (C(OH)–C–C–N with tert-alkyl or cyclic N) is 1. The van der Waals surface area contributed by atoms with Gasteiger partial charge >= 0.3 is 12.0 Å². The first kappa shape index (κ1) is 13.7. The van der Waals surface area contributed by atoms with E-state index in [0.717, 1.165) is 0 Å². The Hall–Kier alpha value is -1.34. The molecule has 0 aromatic heterocycles. The number of methoxy groups -OCH3 is 1. The summed E-state index contributed by atoms with van der Waals surface area (Å²) in [6.45, 7) is 0.831. The van der Waals surface area contributed by atoms with Gasteiger partial charge in [-0.3, -0.25) is 0 Å². The van der Waals surface area contributed by atoms with Crippen LogP contribution in [-0.4, -0.2) is 78.0 Å². The second-order valence-electron chi connectivity index (χ2n) is 4.09. The lowest BCUT2D eigenvalue weighted by Crippen LogP contribution is -2.47. The molecule has 0 aromatic carbocycles.